The number of nitrogens with two attached hydrogens (primary N) is 1. The highest BCUT2D eigenvalue weighted by atomic mass is 15.3. The van der Waals surface area contributed by atoms with E-state index in [1.54, 1.807) is 6.20 Å². The van der Waals surface area contributed by atoms with Crippen molar-refractivity contribution >= 4 is 11.8 Å². The largest absolute Gasteiger partial charge is 0.367 e. The summed E-state index contributed by atoms with van der Waals surface area (Å²) in [5, 5.41) is 3.49. The monoisotopic (exact) mass is 235 g/mol. The average Bonchev–Trinajstić information content (AvgIpc) is 2.61. The molecule has 0 spiro atoms. The van der Waals surface area contributed by atoms with Gasteiger partial charge in [-0.15, -0.1) is 0 Å². The average molecular weight is 235 g/mol. The zero-order valence-electron chi connectivity index (χ0n) is 10.7. The van der Waals surface area contributed by atoms with Gasteiger partial charge in [-0.1, -0.05) is 13.8 Å². The van der Waals surface area contributed by atoms with E-state index in [0.29, 0.717) is 17.4 Å². The summed E-state index contributed by atoms with van der Waals surface area (Å²) in [5.74, 6) is 6.66. The first-order chi connectivity index (χ1) is 8.00. The Bertz CT molecular complexity index is 402. The van der Waals surface area contributed by atoms with Crippen molar-refractivity contribution in [2.24, 2.45) is 11.3 Å². The van der Waals surface area contributed by atoms with E-state index in [0.717, 1.165) is 11.4 Å². The van der Waals surface area contributed by atoms with Crippen LogP contribution in [-0.4, -0.2) is 16.0 Å². The molecule has 1 heterocycles. The second-order valence-electron chi connectivity index (χ2n) is 5.62. The maximum absolute atomic E-state index is 5.32. The number of hydrogen-bond acceptors (Lipinski definition) is 5. The Hall–Kier alpha value is -1.36. The molecule has 1 atom stereocenters. The molecule has 2 rings (SSSR count). The van der Waals surface area contributed by atoms with Crippen LogP contribution >= 0.6 is 0 Å². The van der Waals surface area contributed by atoms with E-state index in [1.807, 2.05) is 6.92 Å². The molecule has 0 saturated heterocycles. The van der Waals surface area contributed by atoms with Crippen molar-refractivity contribution in [1.29, 1.82) is 0 Å². The van der Waals surface area contributed by atoms with Gasteiger partial charge in [0.2, 0.25) is 5.95 Å². The smallest absolute Gasteiger partial charge is 0.239 e. The first-order valence-corrected chi connectivity index (χ1v) is 6.07. The highest BCUT2D eigenvalue weighted by Crippen LogP contribution is 2.38. The molecule has 1 aliphatic rings. The van der Waals surface area contributed by atoms with E-state index >= 15 is 0 Å². The summed E-state index contributed by atoms with van der Waals surface area (Å²) in [6.45, 7) is 6.63. The van der Waals surface area contributed by atoms with Crippen LogP contribution in [0.2, 0.25) is 0 Å². The van der Waals surface area contributed by atoms with Crippen molar-refractivity contribution in [3.63, 3.8) is 0 Å². The highest BCUT2D eigenvalue weighted by Gasteiger charge is 2.31. The zero-order chi connectivity index (χ0) is 12.5. The molecule has 5 nitrogen and oxygen atoms in total. The molecule has 1 fully saturated rings. The Balaban J connectivity index is 2.08. The number of anilines is 2. The summed E-state index contributed by atoms with van der Waals surface area (Å²) < 4.78 is 0. The summed E-state index contributed by atoms with van der Waals surface area (Å²) in [6, 6.07) is 0.504. The number of aryl methyl sites for hydroxylation is 1. The molecular weight excluding hydrogens is 214 g/mol. The van der Waals surface area contributed by atoms with Gasteiger partial charge >= 0.3 is 0 Å². The van der Waals surface area contributed by atoms with Crippen molar-refractivity contribution in [2.45, 2.75) is 46.1 Å². The SMILES string of the molecule is Cc1cnc(NN)nc1NC1CCC(C)(C)C1. The normalized spacial score (nSPS) is 22.5. The molecule has 17 heavy (non-hydrogen) atoms. The molecule has 0 amide bonds. The molecule has 0 bridgehead atoms. The van der Waals surface area contributed by atoms with Crippen molar-refractivity contribution in [3.8, 4) is 0 Å². The third kappa shape index (κ3) is 2.85. The molecule has 1 aromatic rings. The third-order valence-electron chi connectivity index (χ3n) is 3.41. The molecule has 1 aliphatic carbocycles. The summed E-state index contributed by atoms with van der Waals surface area (Å²) in [6.07, 6.45) is 5.42. The molecule has 1 aromatic heterocycles. The van der Waals surface area contributed by atoms with E-state index in [1.165, 1.54) is 19.3 Å². The van der Waals surface area contributed by atoms with Crippen molar-refractivity contribution < 1.29 is 0 Å². The van der Waals surface area contributed by atoms with Gasteiger partial charge in [0, 0.05) is 17.8 Å². The van der Waals surface area contributed by atoms with Crippen LogP contribution in [0.25, 0.3) is 0 Å². The molecular formula is C12H21N5. The number of nitrogens with one attached hydrogen (secondary N) is 2. The summed E-state index contributed by atoms with van der Waals surface area (Å²) in [5.41, 5.74) is 3.96. The Labute approximate surface area is 102 Å². The molecule has 94 valence electrons. The predicted octanol–water partition coefficient (Wildman–Crippen LogP) is 2.06. The van der Waals surface area contributed by atoms with Crippen LogP contribution in [0.3, 0.4) is 0 Å². The van der Waals surface area contributed by atoms with Gasteiger partial charge in [0.25, 0.3) is 0 Å². The predicted molar refractivity (Wildman–Crippen MR) is 69.6 cm³/mol. The fourth-order valence-electron chi connectivity index (χ4n) is 2.41. The Kier molecular flexibility index (Phi) is 3.19. The lowest BCUT2D eigenvalue weighted by atomic mass is 9.92. The zero-order valence-corrected chi connectivity index (χ0v) is 10.7. The van der Waals surface area contributed by atoms with Gasteiger partial charge in [-0.2, -0.15) is 4.98 Å². The number of nitrogen functional groups attached to an aromatic ring is 1. The number of rotatable bonds is 3. The topological polar surface area (TPSA) is 75.9 Å². The minimum absolute atomic E-state index is 0.438. The van der Waals surface area contributed by atoms with Gasteiger partial charge in [0.05, 0.1) is 0 Å². The lowest BCUT2D eigenvalue weighted by molar-refractivity contribution is 0.378. The van der Waals surface area contributed by atoms with Crippen LogP contribution in [0.15, 0.2) is 6.20 Å². The molecule has 1 saturated carbocycles. The van der Waals surface area contributed by atoms with Crippen LogP contribution in [0, 0.1) is 12.3 Å². The van der Waals surface area contributed by atoms with Gasteiger partial charge in [0.1, 0.15) is 5.82 Å². The van der Waals surface area contributed by atoms with E-state index in [4.69, 9.17) is 5.84 Å². The van der Waals surface area contributed by atoms with E-state index in [2.05, 4.69) is 34.6 Å². The Morgan fingerprint density at radius 3 is 2.82 bits per heavy atom. The minimum Gasteiger partial charge on any atom is -0.367 e. The molecule has 0 aliphatic heterocycles. The van der Waals surface area contributed by atoms with Crippen molar-refractivity contribution in [1.82, 2.24) is 9.97 Å². The standard InChI is InChI=1S/C12H21N5/c1-8-7-14-11(17-13)16-10(8)15-9-4-5-12(2,3)6-9/h7,9H,4-6,13H2,1-3H3,(H2,14,15,16,17). The second-order valence-corrected chi connectivity index (χ2v) is 5.62. The molecule has 1 unspecified atom stereocenters. The number of hydrazine groups is 1. The van der Waals surface area contributed by atoms with Crippen LogP contribution in [0.1, 0.15) is 38.7 Å². The quantitative estimate of drug-likeness (QED) is 0.552. The van der Waals surface area contributed by atoms with Crippen LogP contribution < -0.4 is 16.6 Å². The molecule has 0 radical (unpaired) electrons. The van der Waals surface area contributed by atoms with Crippen molar-refractivity contribution in [2.75, 3.05) is 10.7 Å². The maximum atomic E-state index is 5.32. The summed E-state index contributed by atoms with van der Waals surface area (Å²) in [7, 11) is 0. The highest BCUT2D eigenvalue weighted by molar-refractivity contribution is 5.46. The van der Waals surface area contributed by atoms with E-state index < -0.39 is 0 Å². The maximum Gasteiger partial charge on any atom is 0.239 e. The van der Waals surface area contributed by atoms with Gasteiger partial charge in [-0.3, -0.25) is 5.43 Å². The third-order valence-corrected chi connectivity index (χ3v) is 3.41. The Morgan fingerprint density at radius 1 is 1.47 bits per heavy atom. The van der Waals surface area contributed by atoms with Crippen LogP contribution in [0.4, 0.5) is 11.8 Å². The second kappa shape index (κ2) is 4.49. The summed E-state index contributed by atoms with van der Waals surface area (Å²) >= 11 is 0. The molecule has 5 heteroatoms. The van der Waals surface area contributed by atoms with Gasteiger partial charge in [-0.25, -0.2) is 10.8 Å². The molecule has 0 aromatic carbocycles. The Morgan fingerprint density at radius 2 is 2.24 bits per heavy atom. The van der Waals surface area contributed by atoms with Gasteiger partial charge < -0.3 is 5.32 Å². The number of aromatic nitrogens is 2. The summed E-state index contributed by atoms with van der Waals surface area (Å²) in [4.78, 5) is 8.42. The number of hydrogen-bond donors (Lipinski definition) is 3. The van der Waals surface area contributed by atoms with Crippen LogP contribution in [0.5, 0.6) is 0 Å². The van der Waals surface area contributed by atoms with E-state index in [9.17, 15) is 0 Å². The molecule has 4 N–H and O–H groups in total. The number of nitrogens with zero attached hydrogens (tertiary/aromatic N) is 2. The lowest BCUT2D eigenvalue weighted by Crippen LogP contribution is -2.20. The minimum atomic E-state index is 0.438. The first kappa shape index (κ1) is 12.1. The lowest BCUT2D eigenvalue weighted by Gasteiger charge is -2.19. The fraction of sp³-hybridized carbons (Fsp3) is 0.667. The van der Waals surface area contributed by atoms with Crippen LogP contribution in [-0.2, 0) is 0 Å². The van der Waals surface area contributed by atoms with Gasteiger partial charge in [-0.05, 0) is 31.6 Å². The van der Waals surface area contributed by atoms with Gasteiger partial charge in [0.15, 0.2) is 0 Å². The van der Waals surface area contributed by atoms with Crippen molar-refractivity contribution in [3.05, 3.63) is 11.8 Å². The fourth-order valence-corrected chi connectivity index (χ4v) is 2.41. The first-order valence-electron chi connectivity index (χ1n) is 6.07. The van der Waals surface area contributed by atoms with E-state index in [-0.39, 0.29) is 0 Å².